The maximum absolute atomic E-state index is 12.5. The van der Waals surface area contributed by atoms with E-state index in [9.17, 15) is 13.2 Å². The van der Waals surface area contributed by atoms with Gasteiger partial charge in [0.15, 0.2) is 9.84 Å². The molecule has 2 aromatic rings. The normalized spacial score (nSPS) is 21.3. The van der Waals surface area contributed by atoms with Gasteiger partial charge >= 0.3 is 0 Å². The van der Waals surface area contributed by atoms with E-state index in [0.717, 1.165) is 5.56 Å². The van der Waals surface area contributed by atoms with Crippen molar-refractivity contribution in [3.05, 3.63) is 58.3 Å². The minimum Gasteiger partial charge on any atom is -0.338 e. The molecular formula is C16H17NO3S2. The highest BCUT2D eigenvalue weighted by molar-refractivity contribution is 7.91. The summed E-state index contributed by atoms with van der Waals surface area (Å²) in [7, 11) is -3.24. The molecule has 4 nitrogen and oxygen atoms in total. The second-order valence-corrected chi connectivity index (χ2v) is 8.44. The standard InChI is InChI=1S/C16H17NO3S2/c18-16(14-7-10-21-12-14)17-8-6-15(22(19,20)11-9-17)13-4-2-1-3-5-13/h1-5,7,10,12,15H,6,8-9,11H2/t15-/m0/s1. The smallest absolute Gasteiger partial charge is 0.254 e. The van der Waals surface area contributed by atoms with Crippen molar-refractivity contribution in [1.82, 2.24) is 4.90 Å². The molecule has 1 aliphatic heterocycles. The van der Waals surface area contributed by atoms with E-state index in [0.29, 0.717) is 18.5 Å². The molecule has 0 N–H and O–H groups in total. The molecule has 0 aliphatic carbocycles. The molecule has 1 amide bonds. The molecule has 0 bridgehead atoms. The van der Waals surface area contributed by atoms with Crippen LogP contribution in [0.2, 0.25) is 0 Å². The van der Waals surface area contributed by atoms with Crippen molar-refractivity contribution in [2.24, 2.45) is 0 Å². The number of hydrogen-bond donors (Lipinski definition) is 0. The SMILES string of the molecule is O=C(c1ccsc1)N1CC[C@@H](c2ccccc2)S(=O)(=O)CC1. The fourth-order valence-electron chi connectivity index (χ4n) is 2.76. The van der Waals surface area contributed by atoms with E-state index in [2.05, 4.69) is 0 Å². The van der Waals surface area contributed by atoms with Gasteiger partial charge in [-0.1, -0.05) is 30.3 Å². The van der Waals surface area contributed by atoms with Crippen molar-refractivity contribution in [1.29, 1.82) is 0 Å². The third kappa shape index (κ3) is 3.08. The number of thiophene rings is 1. The Kier molecular flexibility index (Phi) is 4.31. The summed E-state index contributed by atoms with van der Waals surface area (Å²) in [6.07, 6.45) is 0.447. The zero-order chi connectivity index (χ0) is 15.6. The Morgan fingerprint density at radius 3 is 2.59 bits per heavy atom. The number of rotatable bonds is 2. The Bertz CT molecular complexity index is 739. The first-order chi connectivity index (χ1) is 10.6. The van der Waals surface area contributed by atoms with E-state index in [-0.39, 0.29) is 18.2 Å². The molecule has 1 atom stereocenters. The van der Waals surface area contributed by atoms with E-state index in [1.165, 1.54) is 11.3 Å². The number of nitrogens with zero attached hydrogens (tertiary/aromatic N) is 1. The lowest BCUT2D eigenvalue weighted by molar-refractivity contribution is 0.0767. The van der Waals surface area contributed by atoms with Gasteiger partial charge in [-0.15, -0.1) is 0 Å². The summed E-state index contributed by atoms with van der Waals surface area (Å²) < 4.78 is 25.0. The summed E-state index contributed by atoms with van der Waals surface area (Å²) in [4.78, 5) is 14.1. The summed E-state index contributed by atoms with van der Waals surface area (Å²) >= 11 is 1.47. The lowest BCUT2D eigenvalue weighted by Gasteiger charge is -2.19. The lowest BCUT2D eigenvalue weighted by Crippen LogP contribution is -2.33. The van der Waals surface area contributed by atoms with Crippen molar-refractivity contribution >= 4 is 27.1 Å². The monoisotopic (exact) mass is 335 g/mol. The van der Waals surface area contributed by atoms with E-state index in [1.807, 2.05) is 35.7 Å². The molecule has 2 heterocycles. The molecule has 1 saturated heterocycles. The second-order valence-electron chi connectivity index (χ2n) is 5.36. The summed E-state index contributed by atoms with van der Waals surface area (Å²) in [5.74, 6) is -0.0622. The van der Waals surface area contributed by atoms with Gasteiger partial charge in [0.05, 0.1) is 16.6 Å². The fraction of sp³-hybridized carbons (Fsp3) is 0.312. The average Bonchev–Trinajstić information content (AvgIpc) is 3.00. The summed E-state index contributed by atoms with van der Waals surface area (Å²) in [5.41, 5.74) is 1.45. The summed E-state index contributed by atoms with van der Waals surface area (Å²) in [6.45, 7) is 0.730. The zero-order valence-electron chi connectivity index (χ0n) is 12.0. The van der Waals surface area contributed by atoms with Gasteiger partial charge in [0.25, 0.3) is 5.91 Å². The van der Waals surface area contributed by atoms with Crippen molar-refractivity contribution in [2.75, 3.05) is 18.8 Å². The van der Waals surface area contributed by atoms with Gasteiger partial charge in [-0.25, -0.2) is 8.42 Å². The van der Waals surface area contributed by atoms with Crippen molar-refractivity contribution < 1.29 is 13.2 Å². The number of hydrogen-bond acceptors (Lipinski definition) is 4. The van der Waals surface area contributed by atoms with Crippen LogP contribution >= 0.6 is 11.3 Å². The molecule has 22 heavy (non-hydrogen) atoms. The average molecular weight is 335 g/mol. The van der Waals surface area contributed by atoms with Crippen LogP contribution in [-0.4, -0.2) is 38.1 Å². The third-order valence-corrected chi connectivity index (χ3v) is 6.78. The third-order valence-electron chi connectivity index (χ3n) is 3.97. The molecule has 1 aromatic heterocycles. The van der Waals surface area contributed by atoms with Crippen molar-refractivity contribution in [3.63, 3.8) is 0 Å². The highest BCUT2D eigenvalue weighted by Crippen LogP contribution is 2.29. The number of benzene rings is 1. The first kappa shape index (κ1) is 15.2. The molecule has 1 aromatic carbocycles. The number of amides is 1. The predicted molar refractivity (Wildman–Crippen MR) is 87.8 cm³/mol. The lowest BCUT2D eigenvalue weighted by atomic mass is 10.1. The van der Waals surface area contributed by atoms with Crippen LogP contribution in [0.25, 0.3) is 0 Å². The minimum atomic E-state index is -3.24. The first-order valence-electron chi connectivity index (χ1n) is 7.16. The van der Waals surface area contributed by atoms with E-state index in [1.54, 1.807) is 16.3 Å². The molecule has 3 rings (SSSR count). The van der Waals surface area contributed by atoms with Crippen LogP contribution in [-0.2, 0) is 9.84 Å². The maximum Gasteiger partial charge on any atom is 0.254 e. The van der Waals surface area contributed by atoms with Crippen LogP contribution in [0, 0.1) is 0 Å². The van der Waals surface area contributed by atoms with Crippen LogP contribution in [0.1, 0.15) is 27.6 Å². The highest BCUT2D eigenvalue weighted by atomic mass is 32.2. The summed E-state index contributed by atoms with van der Waals surface area (Å²) in [5, 5.41) is 3.14. The Labute approximate surface area is 134 Å². The van der Waals surface area contributed by atoms with Crippen LogP contribution in [0.15, 0.2) is 47.2 Å². The largest absolute Gasteiger partial charge is 0.338 e. The van der Waals surface area contributed by atoms with Gasteiger partial charge in [0.1, 0.15) is 0 Å². The Morgan fingerprint density at radius 2 is 1.91 bits per heavy atom. The summed E-state index contributed by atoms with van der Waals surface area (Å²) in [6, 6.07) is 11.0. The van der Waals surface area contributed by atoms with Crippen molar-refractivity contribution in [3.8, 4) is 0 Å². The highest BCUT2D eigenvalue weighted by Gasteiger charge is 2.32. The number of carbonyl (C=O) groups excluding carboxylic acids is 1. The van der Waals surface area contributed by atoms with Crippen LogP contribution < -0.4 is 0 Å². The predicted octanol–water partition coefficient (Wildman–Crippen LogP) is 2.75. The fourth-order valence-corrected chi connectivity index (χ4v) is 5.18. The Hall–Kier alpha value is -1.66. The topological polar surface area (TPSA) is 54.5 Å². The Balaban J connectivity index is 1.82. The van der Waals surface area contributed by atoms with Crippen LogP contribution in [0.3, 0.4) is 0 Å². The molecule has 1 aliphatic rings. The van der Waals surface area contributed by atoms with Gasteiger partial charge < -0.3 is 4.90 Å². The van der Waals surface area contributed by atoms with Gasteiger partial charge in [0.2, 0.25) is 0 Å². The molecule has 1 fully saturated rings. The van der Waals surface area contributed by atoms with Gasteiger partial charge in [-0.2, -0.15) is 11.3 Å². The molecule has 6 heteroatoms. The molecule has 0 saturated carbocycles. The molecule has 116 valence electrons. The van der Waals surface area contributed by atoms with E-state index >= 15 is 0 Å². The number of sulfone groups is 1. The van der Waals surface area contributed by atoms with Gasteiger partial charge in [-0.05, 0) is 23.4 Å². The van der Waals surface area contributed by atoms with Crippen LogP contribution in [0.5, 0.6) is 0 Å². The van der Waals surface area contributed by atoms with Gasteiger partial charge in [-0.3, -0.25) is 4.79 Å². The zero-order valence-corrected chi connectivity index (χ0v) is 13.6. The van der Waals surface area contributed by atoms with Crippen molar-refractivity contribution in [2.45, 2.75) is 11.7 Å². The quantitative estimate of drug-likeness (QED) is 0.848. The maximum atomic E-state index is 12.5. The first-order valence-corrected chi connectivity index (χ1v) is 9.82. The second kappa shape index (κ2) is 6.22. The van der Waals surface area contributed by atoms with E-state index in [4.69, 9.17) is 0 Å². The van der Waals surface area contributed by atoms with Crippen LogP contribution in [0.4, 0.5) is 0 Å². The Morgan fingerprint density at radius 1 is 1.14 bits per heavy atom. The molecule has 0 spiro atoms. The number of carbonyl (C=O) groups is 1. The van der Waals surface area contributed by atoms with E-state index < -0.39 is 15.1 Å². The molecule has 0 unspecified atom stereocenters. The minimum absolute atomic E-state index is 0.0163. The molecule has 0 radical (unpaired) electrons. The molecular weight excluding hydrogens is 318 g/mol. The van der Waals surface area contributed by atoms with Gasteiger partial charge in [0, 0.05) is 18.5 Å².